The topological polar surface area (TPSA) is 78.1 Å². The van der Waals surface area contributed by atoms with Gasteiger partial charge >= 0.3 is 12.1 Å². The van der Waals surface area contributed by atoms with Crippen LogP contribution in [0, 0.1) is 0 Å². The molecule has 0 aliphatic rings. The van der Waals surface area contributed by atoms with Gasteiger partial charge in [0.2, 0.25) is 0 Å². The van der Waals surface area contributed by atoms with Crippen molar-refractivity contribution in [2.45, 2.75) is 6.18 Å². The van der Waals surface area contributed by atoms with Gasteiger partial charge in [-0.15, -0.1) is 0 Å². The smallest absolute Gasteiger partial charge is 0.418 e. The number of rotatable bonds is 2. The summed E-state index contributed by atoms with van der Waals surface area (Å²) in [4.78, 5) is 18.9. The predicted molar refractivity (Wildman–Crippen MR) is 68.2 cm³/mol. The predicted octanol–water partition coefficient (Wildman–Crippen LogP) is 2.53. The number of esters is 1. The molecule has 0 aliphatic heterocycles. The fourth-order valence-corrected chi connectivity index (χ4v) is 1.73. The van der Waals surface area contributed by atoms with Crippen LogP contribution < -0.4 is 5.73 Å². The Labute approximate surface area is 117 Å². The van der Waals surface area contributed by atoms with Crippen molar-refractivity contribution in [2.75, 3.05) is 12.8 Å². The number of methoxy groups -OCH3 is 1. The van der Waals surface area contributed by atoms with E-state index in [1.54, 1.807) is 0 Å². The van der Waals surface area contributed by atoms with Gasteiger partial charge in [0.25, 0.3) is 0 Å². The lowest BCUT2D eigenvalue weighted by Crippen LogP contribution is -2.11. The van der Waals surface area contributed by atoms with Crippen molar-refractivity contribution in [1.82, 2.24) is 9.97 Å². The summed E-state index contributed by atoms with van der Waals surface area (Å²) in [5, 5.41) is 0. The van der Waals surface area contributed by atoms with E-state index in [1.807, 2.05) is 0 Å². The van der Waals surface area contributed by atoms with E-state index in [4.69, 9.17) is 5.73 Å². The number of ether oxygens (including phenoxy) is 1. The maximum atomic E-state index is 12.9. The lowest BCUT2D eigenvalue weighted by Gasteiger charge is -2.12. The second kappa shape index (κ2) is 5.39. The van der Waals surface area contributed by atoms with Crippen molar-refractivity contribution in [2.24, 2.45) is 0 Å². The molecular formula is C13H10F3N3O2. The second-order valence-electron chi connectivity index (χ2n) is 4.02. The summed E-state index contributed by atoms with van der Waals surface area (Å²) >= 11 is 0. The van der Waals surface area contributed by atoms with E-state index in [-0.39, 0.29) is 22.8 Å². The number of nitrogen functional groups attached to an aromatic ring is 1. The number of carbonyl (C=O) groups excluding carboxylic acids is 1. The number of halogens is 3. The molecule has 0 unspecified atom stereocenters. The van der Waals surface area contributed by atoms with Gasteiger partial charge in [-0.2, -0.15) is 13.2 Å². The van der Waals surface area contributed by atoms with Crippen molar-refractivity contribution >= 4 is 11.8 Å². The maximum absolute atomic E-state index is 12.9. The van der Waals surface area contributed by atoms with E-state index in [0.29, 0.717) is 0 Å². The summed E-state index contributed by atoms with van der Waals surface area (Å²) in [6.07, 6.45) is -3.35. The van der Waals surface area contributed by atoms with Crippen LogP contribution in [0.4, 0.5) is 19.0 Å². The van der Waals surface area contributed by atoms with E-state index < -0.39 is 17.7 Å². The number of aromatic nitrogens is 2. The van der Waals surface area contributed by atoms with Gasteiger partial charge in [0.1, 0.15) is 17.1 Å². The quantitative estimate of drug-likeness (QED) is 0.862. The van der Waals surface area contributed by atoms with Crippen LogP contribution in [0.25, 0.3) is 11.4 Å². The number of carbonyl (C=O) groups is 1. The zero-order chi connectivity index (χ0) is 15.6. The SMILES string of the molecule is COC(=O)c1ccc(-c2ncccc2C(F)(F)F)nc1N. The molecule has 21 heavy (non-hydrogen) atoms. The van der Waals surface area contributed by atoms with Crippen LogP contribution in [0.2, 0.25) is 0 Å². The Hall–Kier alpha value is -2.64. The molecule has 2 heterocycles. The minimum Gasteiger partial charge on any atom is -0.465 e. The number of alkyl halides is 3. The summed E-state index contributed by atoms with van der Waals surface area (Å²) in [6, 6.07) is 4.56. The molecule has 0 radical (unpaired) electrons. The monoisotopic (exact) mass is 297 g/mol. The number of nitrogens with zero attached hydrogens (tertiary/aromatic N) is 2. The highest BCUT2D eigenvalue weighted by Gasteiger charge is 2.34. The summed E-state index contributed by atoms with van der Waals surface area (Å²) in [5.41, 5.74) is 4.19. The van der Waals surface area contributed by atoms with Gasteiger partial charge in [-0.25, -0.2) is 9.78 Å². The van der Waals surface area contributed by atoms with Crippen LogP contribution in [-0.4, -0.2) is 23.0 Å². The van der Waals surface area contributed by atoms with Gasteiger partial charge in [0.05, 0.1) is 18.4 Å². The zero-order valence-electron chi connectivity index (χ0n) is 10.8. The number of hydrogen-bond donors (Lipinski definition) is 1. The lowest BCUT2D eigenvalue weighted by molar-refractivity contribution is -0.137. The average Bonchev–Trinajstić information content (AvgIpc) is 2.45. The highest BCUT2D eigenvalue weighted by Crippen LogP contribution is 2.35. The molecular weight excluding hydrogens is 287 g/mol. The Balaban J connectivity index is 2.54. The lowest BCUT2D eigenvalue weighted by atomic mass is 10.1. The van der Waals surface area contributed by atoms with E-state index >= 15 is 0 Å². The van der Waals surface area contributed by atoms with Crippen LogP contribution in [0.5, 0.6) is 0 Å². The molecule has 110 valence electrons. The highest BCUT2D eigenvalue weighted by molar-refractivity contribution is 5.94. The molecule has 2 aromatic heterocycles. The molecule has 0 saturated heterocycles. The third-order valence-corrected chi connectivity index (χ3v) is 2.69. The number of nitrogens with two attached hydrogens (primary N) is 1. The van der Waals surface area contributed by atoms with Crippen molar-refractivity contribution in [3.8, 4) is 11.4 Å². The fourth-order valence-electron chi connectivity index (χ4n) is 1.73. The highest BCUT2D eigenvalue weighted by atomic mass is 19.4. The van der Waals surface area contributed by atoms with Crippen LogP contribution in [0.1, 0.15) is 15.9 Å². The summed E-state index contributed by atoms with van der Waals surface area (Å²) < 4.78 is 43.3. The third kappa shape index (κ3) is 2.93. The molecule has 0 spiro atoms. The third-order valence-electron chi connectivity index (χ3n) is 2.69. The van der Waals surface area contributed by atoms with Gasteiger partial charge in [-0.05, 0) is 24.3 Å². The second-order valence-corrected chi connectivity index (χ2v) is 4.02. The molecule has 2 rings (SSSR count). The Morgan fingerprint density at radius 1 is 1.29 bits per heavy atom. The Morgan fingerprint density at radius 3 is 2.57 bits per heavy atom. The molecule has 0 fully saturated rings. The molecule has 2 aromatic rings. The normalized spacial score (nSPS) is 11.2. The number of hydrogen-bond acceptors (Lipinski definition) is 5. The standard InChI is InChI=1S/C13H10F3N3O2/c1-21-12(20)7-4-5-9(19-11(7)17)10-8(13(14,15)16)3-2-6-18-10/h2-6H,1H3,(H2,17,19). The number of anilines is 1. The van der Waals surface area contributed by atoms with E-state index in [0.717, 1.165) is 13.2 Å². The fraction of sp³-hybridized carbons (Fsp3) is 0.154. The molecule has 5 nitrogen and oxygen atoms in total. The summed E-state index contributed by atoms with van der Waals surface area (Å²) in [6.45, 7) is 0. The van der Waals surface area contributed by atoms with Crippen LogP contribution in [0.15, 0.2) is 30.5 Å². The Bertz CT molecular complexity index is 687. The van der Waals surface area contributed by atoms with Gasteiger partial charge in [-0.1, -0.05) is 0 Å². The van der Waals surface area contributed by atoms with Gasteiger partial charge in [0, 0.05) is 6.20 Å². The minimum atomic E-state index is -4.57. The van der Waals surface area contributed by atoms with Gasteiger partial charge in [-0.3, -0.25) is 4.98 Å². The Morgan fingerprint density at radius 2 is 2.00 bits per heavy atom. The van der Waals surface area contributed by atoms with Gasteiger partial charge in [0.15, 0.2) is 0 Å². The first-order valence-corrected chi connectivity index (χ1v) is 5.72. The van der Waals surface area contributed by atoms with Gasteiger partial charge < -0.3 is 10.5 Å². The van der Waals surface area contributed by atoms with Crippen LogP contribution in [0.3, 0.4) is 0 Å². The van der Waals surface area contributed by atoms with E-state index in [1.165, 1.54) is 24.4 Å². The zero-order valence-corrected chi connectivity index (χ0v) is 10.8. The van der Waals surface area contributed by atoms with E-state index in [9.17, 15) is 18.0 Å². The van der Waals surface area contributed by atoms with Crippen molar-refractivity contribution in [3.05, 3.63) is 41.6 Å². The first-order valence-electron chi connectivity index (χ1n) is 5.72. The van der Waals surface area contributed by atoms with Crippen molar-refractivity contribution in [1.29, 1.82) is 0 Å². The molecule has 0 saturated carbocycles. The first kappa shape index (κ1) is 14.8. The summed E-state index contributed by atoms with van der Waals surface area (Å²) in [5.74, 6) is -0.943. The van der Waals surface area contributed by atoms with Crippen molar-refractivity contribution in [3.63, 3.8) is 0 Å². The average molecular weight is 297 g/mol. The maximum Gasteiger partial charge on any atom is 0.418 e. The van der Waals surface area contributed by atoms with Crippen molar-refractivity contribution < 1.29 is 22.7 Å². The largest absolute Gasteiger partial charge is 0.465 e. The van der Waals surface area contributed by atoms with Crippen LogP contribution >= 0.6 is 0 Å². The number of pyridine rings is 2. The van der Waals surface area contributed by atoms with Crippen LogP contribution in [-0.2, 0) is 10.9 Å². The molecule has 0 bridgehead atoms. The summed E-state index contributed by atoms with van der Waals surface area (Å²) in [7, 11) is 1.16. The molecule has 0 amide bonds. The first-order chi connectivity index (χ1) is 9.84. The molecule has 0 aliphatic carbocycles. The van der Waals surface area contributed by atoms with E-state index in [2.05, 4.69) is 14.7 Å². The molecule has 0 aromatic carbocycles. The molecule has 8 heteroatoms. The minimum absolute atomic E-state index is 0.0225. The Kier molecular flexibility index (Phi) is 3.79. The molecule has 2 N–H and O–H groups in total. The molecule has 0 atom stereocenters.